The Morgan fingerprint density at radius 1 is 1.38 bits per heavy atom. The average Bonchev–Trinajstić information content (AvgIpc) is 2.95. The van der Waals surface area contributed by atoms with Crippen molar-refractivity contribution in [2.45, 2.75) is 58.2 Å². The van der Waals surface area contributed by atoms with Crippen LogP contribution in [0.15, 0.2) is 24.3 Å². The SMILES string of the molecule is C[C@H](NC(=O)[C@@H]1CCCN1C(=O)OC(C)(C)C)c1cccc(Cl)c1. The van der Waals surface area contributed by atoms with Crippen LogP contribution in [0.2, 0.25) is 5.02 Å². The van der Waals surface area contributed by atoms with E-state index in [2.05, 4.69) is 5.32 Å². The highest BCUT2D eigenvalue weighted by molar-refractivity contribution is 6.30. The molecule has 0 aliphatic carbocycles. The maximum atomic E-state index is 12.6. The van der Waals surface area contributed by atoms with Crippen LogP contribution in [0.4, 0.5) is 4.79 Å². The Morgan fingerprint density at radius 3 is 2.71 bits per heavy atom. The van der Waals surface area contributed by atoms with Gasteiger partial charge in [0, 0.05) is 11.6 Å². The van der Waals surface area contributed by atoms with Gasteiger partial charge in [0.25, 0.3) is 0 Å². The molecule has 1 aliphatic heterocycles. The summed E-state index contributed by atoms with van der Waals surface area (Å²) in [4.78, 5) is 26.4. The highest BCUT2D eigenvalue weighted by atomic mass is 35.5. The largest absolute Gasteiger partial charge is 0.444 e. The van der Waals surface area contributed by atoms with E-state index < -0.39 is 17.7 Å². The summed E-state index contributed by atoms with van der Waals surface area (Å²) in [5, 5.41) is 3.60. The van der Waals surface area contributed by atoms with E-state index in [1.165, 1.54) is 4.90 Å². The van der Waals surface area contributed by atoms with Crippen molar-refractivity contribution < 1.29 is 14.3 Å². The molecule has 0 saturated carbocycles. The first-order valence-corrected chi connectivity index (χ1v) is 8.60. The van der Waals surface area contributed by atoms with Crippen molar-refractivity contribution in [2.75, 3.05) is 6.54 Å². The zero-order valence-corrected chi connectivity index (χ0v) is 15.4. The van der Waals surface area contributed by atoms with Crippen LogP contribution in [0.25, 0.3) is 0 Å². The van der Waals surface area contributed by atoms with Crippen LogP contribution in [0.3, 0.4) is 0 Å². The molecule has 1 fully saturated rings. The van der Waals surface area contributed by atoms with E-state index >= 15 is 0 Å². The molecular weight excluding hydrogens is 328 g/mol. The zero-order valence-electron chi connectivity index (χ0n) is 14.6. The second-order valence-corrected chi connectivity index (χ2v) is 7.55. The quantitative estimate of drug-likeness (QED) is 0.897. The number of amides is 2. The lowest BCUT2D eigenvalue weighted by Gasteiger charge is -2.28. The number of rotatable bonds is 3. The Morgan fingerprint density at radius 2 is 2.08 bits per heavy atom. The van der Waals surface area contributed by atoms with Crippen LogP contribution < -0.4 is 5.32 Å². The van der Waals surface area contributed by atoms with Crippen LogP contribution in [0.5, 0.6) is 0 Å². The van der Waals surface area contributed by atoms with E-state index in [0.29, 0.717) is 18.0 Å². The van der Waals surface area contributed by atoms with Crippen LogP contribution in [-0.2, 0) is 9.53 Å². The fraction of sp³-hybridized carbons (Fsp3) is 0.556. The van der Waals surface area contributed by atoms with Crippen molar-refractivity contribution in [3.05, 3.63) is 34.9 Å². The van der Waals surface area contributed by atoms with Crippen molar-refractivity contribution in [1.82, 2.24) is 10.2 Å². The second kappa shape index (κ2) is 7.43. The van der Waals surface area contributed by atoms with E-state index in [-0.39, 0.29) is 11.9 Å². The molecule has 2 atom stereocenters. The van der Waals surface area contributed by atoms with Crippen LogP contribution >= 0.6 is 11.6 Å². The molecule has 0 bridgehead atoms. The molecular formula is C18H25ClN2O3. The number of nitrogens with zero attached hydrogens (tertiary/aromatic N) is 1. The summed E-state index contributed by atoms with van der Waals surface area (Å²) in [7, 11) is 0. The standard InChI is InChI=1S/C18H25ClN2O3/c1-12(13-7-5-8-14(19)11-13)20-16(22)15-9-6-10-21(15)17(23)24-18(2,3)4/h5,7-8,11-12,15H,6,9-10H2,1-4H3,(H,20,22)/t12-,15-/m0/s1. The van der Waals surface area contributed by atoms with Gasteiger partial charge in [0.1, 0.15) is 11.6 Å². The minimum Gasteiger partial charge on any atom is -0.444 e. The van der Waals surface area contributed by atoms with Gasteiger partial charge in [-0.1, -0.05) is 23.7 Å². The molecule has 1 aromatic carbocycles. The Balaban J connectivity index is 2.01. The second-order valence-electron chi connectivity index (χ2n) is 7.12. The van der Waals surface area contributed by atoms with Gasteiger partial charge in [0.05, 0.1) is 6.04 Å². The van der Waals surface area contributed by atoms with Crippen molar-refractivity contribution in [3.63, 3.8) is 0 Å². The van der Waals surface area contributed by atoms with E-state index in [1.54, 1.807) is 6.07 Å². The highest BCUT2D eigenvalue weighted by Gasteiger charge is 2.36. The number of nitrogens with one attached hydrogen (secondary N) is 1. The Labute approximate surface area is 148 Å². The molecule has 1 aliphatic rings. The normalized spacial score (nSPS) is 19.0. The summed E-state index contributed by atoms with van der Waals surface area (Å²) in [6.45, 7) is 7.89. The van der Waals surface area contributed by atoms with Crippen LogP contribution in [0, 0.1) is 0 Å². The number of likely N-dealkylation sites (tertiary alicyclic amines) is 1. The number of halogens is 1. The number of hydrogen-bond acceptors (Lipinski definition) is 3. The number of benzene rings is 1. The summed E-state index contributed by atoms with van der Waals surface area (Å²) in [5.74, 6) is -0.161. The van der Waals surface area contributed by atoms with Gasteiger partial charge in [-0.2, -0.15) is 0 Å². The fourth-order valence-corrected chi connectivity index (χ4v) is 2.95. The summed E-state index contributed by atoms with van der Waals surface area (Å²) >= 11 is 6.00. The van der Waals surface area contributed by atoms with Gasteiger partial charge >= 0.3 is 6.09 Å². The molecule has 1 aromatic rings. The van der Waals surface area contributed by atoms with Gasteiger partial charge in [-0.25, -0.2) is 4.79 Å². The molecule has 2 rings (SSSR count). The molecule has 24 heavy (non-hydrogen) atoms. The Kier molecular flexibility index (Phi) is 5.75. The Hall–Kier alpha value is -1.75. The molecule has 2 amide bonds. The van der Waals surface area contributed by atoms with E-state index in [9.17, 15) is 9.59 Å². The molecule has 1 N–H and O–H groups in total. The fourth-order valence-electron chi connectivity index (χ4n) is 2.75. The topological polar surface area (TPSA) is 58.6 Å². The first-order chi connectivity index (χ1) is 11.2. The van der Waals surface area contributed by atoms with Crippen molar-refractivity contribution >= 4 is 23.6 Å². The van der Waals surface area contributed by atoms with Gasteiger partial charge in [-0.05, 0) is 58.2 Å². The zero-order chi connectivity index (χ0) is 17.9. The monoisotopic (exact) mass is 352 g/mol. The van der Waals surface area contributed by atoms with Crippen molar-refractivity contribution in [1.29, 1.82) is 0 Å². The van der Waals surface area contributed by atoms with E-state index in [4.69, 9.17) is 16.3 Å². The minimum absolute atomic E-state index is 0.161. The summed E-state index contributed by atoms with van der Waals surface area (Å²) < 4.78 is 5.40. The lowest BCUT2D eigenvalue weighted by Crippen LogP contribution is -2.48. The number of carbonyl (C=O) groups excluding carboxylic acids is 2. The van der Waals surface area contributed by atoms with Gasteiger partial charge in [0.2, 0.25) is 5.91 Å². The first-order valence-electron chi connectivity index (χ1n) is 8.23. The van der Waals surface area contributed by atoms with Gasteiger partial charge in [-0.3, -0.25) is 9.69 Å². The summed E-state index contributed by atoms with van der Waals surface area (Å²) in [6.07, 6.45) is 1.01. The molecule has 1 saturated heterocycles. The number of hydrogen-bond donors (Lipinski definition) is 1. The van der Waals surface area contributed by atoms with Crippen LogP contribution in [0.1, 0.15) is 52.1 Å². The molecule has 1 heterocycles. The maximum absolute atomic E-state index is 12.6. The lowest BCUT2D eigenvalue weighted by molar-refractivity contribution is -0.126. The third kappa shape index (κ3) is 4.87. The molecule has 6 heteroatoms. The summed E-state index contributed by atoms with van der Waals surface area (Å²) in [6, 6.07) is 6.71. The maximum Gasteiger partial charge on any atom is 0.410 e. The summed E-state index contributed by atoms with van der Waals surface area (Å²) in [5.41, 5.74) is 0.354. The Bertz CT molecular complexity index is 613. The molecule has 132 valence electrons. The molecule has 5 nitrogen and oxygen atoms in total. The van der Waals surface area contributed by atoms with E-state index in [1.807, 2.05) is 45.9 Å². The number of ether oxygens (including phenoxy) is 1. The lowest BCUT2D eigenvalue weighted by atomic mass is 10.1. The minimum atomic E-state index is -0.575. The predicted octanol–water partition coefficient (Wildman–Crippen LogP) is 3.92. The van der Waals surface area contributed by atoms with Crippen molar-refractivity contribution in [3.8, 4) is 0 Å². The third-order valence-electron chi connectivity index (χ3n) is 3.89. The van der Waals surface area contributed by atoms with Gasteiger partial charge in [-0.15, -0.1) is 0 Å². The average molecular weight is 353 g/mol. The van der Waals surface area contributed by atoms with E-state index in [0.717, 1.165) is 12.0 Å². The van der Waals surface area contributed by atoms with Crippen molar-refractivity contribution in [2.24, 2.45) is 0 Å². The molecule has 0 unspecified atom stereocenters. The van der Waals surface area contributed by atoms with Gasteiger partial charge in [0.15, 0.2) is 0 Å². The molecule has 0 radical (unpaired) electrons. The first kappa shape index (κ1) is 18.6. The van der Waals surface area contributed by atoms with Gasteiger partial charge < -0.3 is 10.1 Å². The third-order valence-corrected chi connectivity index (χ3v) is 4.13. The predicted molar refractivity (Wildman–Crippen MR) is 94.0 cm³/mol. The smallest absolute Gasteiger partial charge is 0.410 e. The molecule has 0 spiro atoms. The van der Waals surface area contributed by atoms with Crippen LogP contribution in [-0.4, -0.2) is 35.1 Å². The molecule has 0 aromatic heterocycles. The number of carbonyl (C=O) groups is 2. The highest BCUT2D eigenvalue weighted by Crippen LogP contribution is 2.23.